The van der Waals surface area contributed by atoms with Gasteiger partial charge in [-0.1, -0.05) is 99.5 Å². The van der Waals surface area contributed by atoms with Crippen LogP contribution in [-0.2, 0) is 22.3 Å². The molecule has 0 fully saturated rings. The Labute approximate surface area is 250 Å². The maximum absolute atomic E-state index is 13.6. The van der Waals surface area contributed by atoms with Gasteiger partial charge in [0.1, 0.15) is 0 Å². The number of benzene rings is 4. The van der Waals surface area contributed by atoms with Crippen LogP contribution in [0.1, 0.15) is 93.6 Å². The number of rotatable bonds is 12. The van der Waals surface area contributed by atoms with E-state index in [9.17, 15) is 9.59 Å². The molecule has 4 aromatic carbocycles. The van der Waals surface area contributed by atoms with E-state index in [1.165, 1.54) is 11.1 Å². The maximum Gasteiger partial charge on any atom is 0.343 e. The molecule has 0 bridgehead atoms. The molecule has 4 aromatic rings. The van der Waals surface area contributed by atoms with Gasteiger partial charge < -0.3 is 9.47 Å². The Morgan fingerprint density at radius 3 is 1.21 bits per heavy atom. The summed E-state index contributed by atoms with van der Waals surface area (Å²) in [6, 6.07) is 30.3. The van der Waals surface area contributed by atoms with Crippen molar-refractivity contribution in [2.45, 2.75) is 66.2 Å². The van der Waals surface area contributed by atoms with Gasteiger partial charge in [-0.2, -0.15) is 0 Å². The van der Waals surface area contributed by atoms with Crippen LogP contribution in [-0.4, -0.2) is 11.9 Å². The van der Waals surface area contributed by atoms with E-state index in [-0.39, 0.29) is 11.5 Å². The number of carbonyl (C=O) groups excluding carboxylic acids is 2. The summed E-state index contributed by atoms with van der Waals surface area (Å²) >= 11 is 0. The lowest BCUT2D eigenvalue weighted by molar-refractivity contribution is 0.0646. The molecule has 216 valence electrons. The van der Waals surface area contributed by atoms with E-state index in [1.54, 1.807) is 24.3 Å². The first-order valence-corrected chi connectivity index (χ1v) is 14.9. The quantitative estimate of drug-likeness (QED) is 0.0983. The fourth-order valence-corrected chi connectivity index (χ4v) is 4.78. The van der Waals surface area contributed by atoms with Crippen molar-refractivity contribution in [1.82, 2.24) is 0 Å². The molecule has 0 saturated heterocycles. The highest BCUT2D eigenvalue weighted by molar-refractivity contribution is 6.01. The molecule has 0 aromatic heterocycles. The molecule has 0 atom stereocenters. The number of esters is 2. The third-order valence-electron chi connectivity index (χ3n) is 7.39. The maximum atomic E-state index is 13.6. The molecule has 0 aliphatic carbocycles. The highest BCUT2D eigenvalue weighted by Gasteiger charge is 2.25. The fraction of sp³-hybridized carbons (Fsp3) is 0.263. The minimum absolute atomic E-state index is 0.204. The molecule has 0 radical (unpaired) electrons. The average molecular weight is 561 g/mol. The summed E-state index contributed by atoms with van der Waals surface area (Å²) < 4.78 is 12.3. The fourth-order valence-electron chi connectivity index (χ4n) is 4.78. The first kappa shape index (κ1) is 30.5. The van der Waals surface area contributed by atoms with Crippen molar-refractivity contribution in [3.63, 3.8) is 0 Å². The summed E-state index contributed by atoms with van der Waals surface area (Å²) in [6.45, 7) is 8.20. The highest BCUT2D eigenvalue weighted by atomic mass is 16.6. The van der Waals surface area contributed by atoms with Crippen LogP contribution in [0, 0.1) is 13.8 Å². The largest absolute Gasteiger partial charge is 0.418 e. The van der Waals surface area contributed by atoms with Crippen LogP contribution in [0.15, 0.2) is 97.1 Å². The van der Waals surface area contributed by atoms with Gasteiger partial charge in [0.25, 0.3) is 0 Å². The van der Waals surface area contributed by atoms with Crippen molar-refractivity contribution in [1.29, 1.82) is 0 Å². The predicted molar refractivity (Wildman–Crippen MR) is 170 cm³/mol. The second-order valence-corrected chi connectivity index (χ2v) is 10.7. The lowest BCUT2D eigenvalue weighted by Crippen LogP contribution is -2.12. The van der Waals surface area contributed by atoms with Crippen LogP contribution in [0.4, 0.5) is 0 Å². The normalized spacial score (nSPS) is 11.5. The molecule has 0 unspecified atom stereocenters. The summed E-state index contributed by atoms with van der Waals surface area (Å²) in [4.78, 5) is 27.1. The SMILES string of the molecule is CCCCc1ccc(C(=O)OC(=C(OC(=O)c2ccc(CCCC)cc2)c2ccccc2C)c2ccccc2C)cc1. The molecular weight excluding hydrogens is 520 g/mol. The first-order valence-electron chi connectivity index (χ1n) is 14.9. The second kappa shape index (κ2) is 15.0. The smallest absolute Gasteiger partial charge is 0.343 e. The van der Waals surface area contributed by atoms with Crippen molar-refractivity contribution < 1.29 is 19.1 Å². The van der Waals surface area contributed by atoms with E-state index in [0.717, 1.165) is 49.7 Å². The van der Waals surface area contributed by atoms with Gasteiger partial charge in [-0.05, 0) is 86.1 Å². The molecular formula is C38H40O4. The van der Waals surface area contributed by atoms with Gasteiger partial charge >= 0.3 is 11.9 Å². The Morgan fingerprint density at radius 1 is 0.524 bits per heavy atom. The van der Waals surface area contributed by atoms with Gasteiger partial charge in [-0.3, -0.25) is 0 Å². The van der Waals surface area contributed by atoms with Gasteiger partial charge in [-0.15, -0.1) is 0 Å². The molecule has 0 N–H and O–H groups in total. The van der Waals surface area contributed by atoms with Gasteiger partial charge in [0.05, 0.1) is 11.1 Å². The summed E-state index contributed by atoms with van der Waals surface area (Å²) in [7, 11) is 0. The number of carbonyl (C=O) groups is 2. The predicted octanol–water partition coefficient (Wildman–Crippen LogP) is 9.53. The van der Waals surface area contributed by atoms with Gasteiger partial charge in [0.2, 0.25) is 0 Å². The number of ether oxygens (including phenoxy) is 2. The van der Waals surface area contributed by atoms with E-state index in [2.05, 4.69) is 13.8 Å². The molecule has 4 nitrogen and oxygen atoms in total. The Kier molecular flexibility index (Phi) is 10.9. The van der Waals surface area contributed by atoms with Crippen LogP contribution < -0.4 is 0 Å². The molecule has 0 aliphatic rings. The molecule has 42 heavy (non-hydrogen) atoms. The molecule has 0 aliphatic heterocycles. The van der Waals surface area contributed by atoms with Gasteiger partial charge in [0, 0.05) is 11.1 Å². The van der Waals surface area contributed by atoms with E-state index in [1.807, 2.05) is 86.6 Å². The summed E-state index contributed by atoms with van der Waals surface area (Å²) in [5.41, 5.74) is 6.34. The lowest BCUT2D eigenvalue weighted by Gasteiger charge is -2.19. The lowest BCUT2D eigenvalue weighted by atomic mass is 10.0. The van der Waals surface area contributed by atoms with E-state index < -0.39 is 11.9 Å². The van der Waals surface area contributed by atoms with Crippen molar-refractivity contribution in [2.75, 3.05) is 0 Å². The third-order valence-corrected chi connectivity index (χ3v) is 7.39. The topological polar surface area (TPSA) is 52.6 Å². The summed E-state index contributed by atoms with van der Waals surface area (Å²) in [5.74, 6) is -0.624. The molecule has 4 heteroatoms. The number of hydrogen-bond donors (Lipinski definition) is 0. The second-order valence-electron chi connectivity index (χ2n) is 10.7. The Morgan fingerprint density at radius 2 is 0.881 bits per heavy atom. The van der Waals surface area contributed by atoms with Crippen LogP contribution in [0.25, 0.3) is 11.5 Å². The first-order chi connectivity index (χ1) is 20.4. The molecule has 0 amide bonds. The Balaban J connectivity index is 1.77. The molecule has 4 rings (SSSR count). The Bertz CT molecular complexity index is 1410. The molecule has 0 spiro atoms. The van der Waals surface area contributed by atoms with Crippen LogP contribution in [0.2, 0.25) is 0 Å². The van der Waals surface area contributed by atoms with Crippen LogP contribution in [0.5, 0.6) is 0 Å². The monoisotopic (exact) mass is 560 g/mol. The van der Waals surface area contributed by atoms with Crippen molar-refractivity contribution in [3.8, 4) is 0 Å². The zero-order valence-corrected chi connectivity index (χ0v) is 25.1. The molecule has 0 saturated carbocycles. The minimum Gasteiger partial charge on any atom is -0.418 e. The summed E-state index contributed by atoms with van der Waals surface area (Å²) in [6.07, 6.45) is 6.34. The van der Waals surface area contributed by atoms with Crippen LogP contribution >= 0.6 is 0 Å². The Hall–Kier alpha value is -4.44. The standard InChI is InChI=1S/C38H40O4/c1-5-7-15-29-19-23-31(24-20-29)37(39)41-35(33-17-11-9-13-27(33)3)36(34-18-12-10-14-28(34)4)42-38(40)32-25-21-30(22-26-32)16-8-6-2/h9-14,17-26H,5-8,15-16H2,1-4H3. The van der Waals surface area contributed by atoms with Gasteiger partial charge in [0.15, 0.2) is 11.5 Å². The van der Waals surface area contributed by atoms with Gasteiger partial charge in [-0.25, -0.2) is 9.59 Å². The van der Waals surface area contributed by atoms with Crippen LogP contribution in [0.3, 0.4) is 0 Å². The van der Waals surface area contributed by atoms with Crippen molar-refractivity contribution >= 4 is 23.5 Å². The number of unbranched alkanes of at least 4 members (excludes halogenated alkanes) is 2. The van der Waals surface area contributed by atoms with E-state index in [4.69, 9.17) is 9.47 Å². The highest BCUT2D eigenvalue weighted by Crippen LogP contribution is 2.33. The number of aryl methyl sites for hydroxylation is 4. The van der Waals surface area contributed by atoms with Crippen molar-refractivity contribution in [3.05, 3.63) is 142 Å². The zero-order chi connectivity index (χ0) is 29.9. The molecule has 0 heterocycles. The average Bonchev–Trinajstić information content (AvgIpc) is 3.01. The summed E-state index contributed by atoms with van der Waals surface area (Å²) in [5, 5.41) is 0. The number of hydrogen-bond acceptors (Lipinski definition) is 4. The van der Waals surface area contributed by atoms with Crippen molar-refractivity contribution in [2.24, 2.45) is 0 Å². The van der Waals surface area contributed by atoms with E-state index >= 15 is 0 Å². The van der Waals surface area contributed by atoms with E-state index in [0.29, 0.717) is 22.3 Å². The third kappa shape index (κ3) is 7.85. The zero-order valence-electron chi connectivity index (χ0n) is 25.1. The minimum atomic E-state index is -0.516.